The molecule has 0 heterocycles. The Labute approximate surface area is 136 Å². The van der Waals surface area contributed by atoms with Crippen LogP contribution in [0.3, 0.4) is 0 Å². The second-order valence-electron chi connectivity index (χ2n) is 6.68. The van der Waals surface area contributed by atoms with Crippen molar-refractivity contribution in [3.8, 4) is 5.75 Å². The molecule has 3 rings (SSSR count). The fourth-order valence-electron chi connectivity index (χ4n) is 3.11. The van der Waals surface area contributed by atoms with E-state index < -0.39 is 5.97 Å². The number of rotatable bonds is 8. The molecule has 0 aliphatic heterocycles. The largest absolute Gasteiger partial charge is 0.482 e. The van der Waals surface area contributed by atoms with Crippen LogP contribution < -0.4 is 10.1 Å². The first-order chi connectivity index (χ1) is 11.0. The van der Waals surface area contributed by atoms with Crippen LogP contribution >= 0.6 is 0 Å². The van der Waals surface area contributed by atoms with Gasteiger partial charge in [0.15, 0.2) is 6.61 Å². The van der Waals surface area contributed by atoms with Gasteiger partial charge in [0.05, 0.1) is 6.04 Å². The minimum absolute atomic E-state index is 0.0592. The highest BCUT2D eigenvalue weighted by molar-refractivity contribution is 5.80. The molecule has 2 aliphatic carbocycles. The molecule has 1 amide bonds. The molecule has 23 heavy (non-hydrogen) atoms. The quantitative estimate of drug-likeness (QED) is 0.773. The lowest BCUT2D eigenvalue weighted by atomic mass is 9.96. The summed E-state index contributed by atoms with van der Waals surface area (Å²) in [5.74, 6) is 1.11. The average Bonchev–Trinajstić information content (AvgIpc) is 3.40. The summed E-state index contributed by atoms with van der Waals surface area (Å²) in [6, 6.07) is 7.15. The van der Waals surface area contributed by atoms with Crippen molar-refractivity contribution in [3.63, 3.8) is 0 Å². The molecule has 5 heteroatoms. The van der Waals surface area contributed by atoms with Crippen LogP contribution in [0.5, 0.6) is 5.75 Å². The summed E-state index contributed by atoms with van der Waals surface area (Å²) in [5, 5.41) is 11.7. The standard InChI is InChI=1S/C18H23NO4/c1-11(12-6-8-15(9-7-12)23-10-16(20)21)19-18(22)17(13-2-3-13)14-4-5-14/h6-9,11,13-14,17H,2-5,10H2,1H3,(H,19,22)(H,20,21). The number of nitrogens with one attached hydrogen (secondary N) is 1. The number of carboxylic acid groups (broad SMARTS) is 1. The van der Waals surface area contributed by atoms with Gasteiger partial charge >= 0.3 is 5.97 Å². The van der Waals surface area contributed by atoms with Gasteiger partial charge in [0.25, 0.3) is 0 Å². The lowest BCUT2D eigenvalue weighted by molar-refractivity contribution is -0.139. The van der Waals surface area contributed by atoms with Gasteiger partial charge in [-0.05, 0) is 62.1 Å². The lowest BCUT2D eigenvalue weighted by Crippen LogP contribution is -2.34. The van der Waals surface area contributed by atoms with Crippen molar-refractivity contribution >= 4 is 11.9 Å². The highest BCUT2D eigenvalue weighted by Gasteiger charge is 2.45. The molecule has 2 N–H and O–H groups in total. The maximum atomic E-state index is 12.5. The topological polar surface area (TPSA) is 75.6 Å². The van der Waals surface area contributed by atoms with E-state index in [1.165, 1.54) is 25.7 Å². The van der Waals surface area contributed by atoms with Crippen LogP contribution in [0.4, 0.5) is 0 Å². The molecule has 2 fully saturated rings. The number of carboxylic acids is 1. The normalized spacial score (nSPS) is 18.5. The molecule has 1 aromatic carbocycles. The second-order valence-corrected chi connectivity index (χ2v) is 6.68. The summed E-state index contributed by atoms with van der Waals surface area (Å²) < 4.78 is 5.11. The van der Waals surface area contributed by atoms with E-state index in [1.54, 1.807) is 12.1 Å². The van der Waals surface area contributed by atoms with Crippen molar-refractivity contribution in [2.45, 2.75) is 38.6 Å². The lowest BCUT2D eigenvalue weighted by Gasteiger charge is -2.20. The Morgan fingerprint density at radius 1 is 1.17 bits per heavy atom. The Morgan fingerprint density at radius 3 is 2.22 bits per heavy atom. The zero-order valence-corrected chi connectivity index (χ0v) is 13.3. The monoisotopic (exact) mass is 317 g/mol. The molecule has 2 saturated carbocycles. The van der Waals surface area contributed by atoms with Crippen molar-refractivity contribution in [3.05, 3.63) is 29.8 Å². The fourth-order valence-corrected chi connectivity index (χ4v) is 3.11. The maximum Gasteiger partial charge on any atom is 0.341 e. The average molecular weight is 317 g/mol. The number of amides is 1. The molecule has 124 valence electrons. The molecule has 0 spiro atoms. The van der Waals surface area contributed by atoms with Crippen LogP contribution in [0.15, 0.2) is 24.3 Å². The highest BCUT2D eigenvalue weighted by atomic mass is 16.5. The van der Waals surface area contributed by atoms with Crippen LogP contribution in [0.25, 0.3) is 0 Å². The Kier molecular flexibility index (Phi) is 4.55. The molecule has 5 nitrogen and oxygen atoms in total. The minimum atomic E-state index is -0.999. The Morgan fingerprint density at radius 2 is 1.74 bits per heavy atom. The molecular weight excluding hydrogens is 294 g/mol. The van der Waals surface area contributed by atoms with Crippen molar-refractivity contribution in [2.75, 3.05) is 6.61 Å². The number of carbonyl (C=O) groups is 2. The first-order valence-corrected chi connectivity index (χ1v) is 8.29. The van der Waals surface area contributed by atoms with Crippen LogP contribution in [0.2, 0.25) is 0 Å². The van der Waals surface area contributed by atoms with Gasteiger partial charge in [-0.15, -0.1) is 0 Å². The summed E-state index contributed by atoms with van der Waals surface area (Å²) in [4.78, 5) is 23.0. The van der Waals surface area contributed by atoms with Crippen molar-refractivity contribution in [1.29, 1.82) is 0 Å². The number of carbonyl (C=O) groups excluding carboxylic acids is 1. The first kappa shape index (κ1) is 15.8. The predicted molar refractivity (Wildman–Crippen MR) is 85.1 cm³/mol. The maximum absolute atomic E-state index is 12.5. The van der Waals surface area contributed by atoms with E-state index in [1.807, 2.05) is 19.1 Å². The molecule has 0 saturated heterocycles. The van der Waals surface area contributed by atoms with Gasteiger partial charge in [0.2, 0.25) is 5.91 Å². The number of benzene rings is 1. The van der Waals surface area contributed by atoms with Crippen LogP contribution in [0, 0.1) is 17.8 Å². The van der Waals surface area contributed by atoms with Crippen molar-refractivity contribution in [1.82, 2.24) is 5.32 Å². The third-order valence-corrected chi connectivity index (χ3v) is 4.66. The number of aliphatic carboxylic acids is 1. The smallest absolute Gasteiger partial charge is 0.341 e. The molecule has 0 bridgehead atoms. The van der Waals surface area contributed by atoms with Gasteiger partial charge in [-0.25, -0.2) is 4.79 Å². The Balaban J connectivity index is 1.55. The van der Waals surface area contributed by atoms with E-state index in [4.69, 9.17) is 9.84 Å². The van der Waals surface area contributed by atoms with Gasteiger partial charge < -0.3 is 15.2 Å². The molecule has 1 unspecified atom stereocenters. The van der Waals surface area contributed by atoms with Gasteiger partial charge in [-0.3, -0.25) is 4.79 Å². The van der Waals surface area contributed by atoms with Gasteiger partial charge in [0, 0.05) is 5.92 Å². The summed E-state index contributed by atoms with van der Waals surface area (Å²) >= 11 is 0. The highest BCUT2D eigenvalue weighted by Crippen LogP contribution is 2.49. The molecular formula is C18H23NO4. The SMILES string of the molecule is CC(NC(=O)C(C1CC1)C1CC1)c1ccc(OCC(=O)O)cc1. The Hall–Kier alpha value is -2.04. The van der Waals surface area contributed by atoms with E-state index in [2.05, 4.69) is 5.32 Å². The molecule has 2 aliphatic rings. The number of hydrogen-bond donors (Lipinski definition) is 2. The zero-order chi connectivity index (χ0) is 16.4. The van der Waals surface area contributed by atoms with Gasteiger partial charge in [-0.1, -0.05) is 12.1 Å². The van der Waals surface area contributed by atoms with E-state index in [9.17, 15) is 9.59 Å². The van der Waals surface area contributed by atoms with E-state index in [-0.39, 0.29) is 24.5 Å². The van der Waals surface area contributed by atoms with E-state index in [0.29, 0.717) is 17.6 Å². The summed E-state index contributed by atoms with van der Waals surface area (Å²) in [6.45, 7) is 1.62. The molecule has 0 aromatic heterocycles. The summed E-state index contributed by atoms with van der Waals surface area (Å²) in [6.07, 6.45) is 4.77. The van der Waals surface area contributed by atoms with Crippen LogP contribution in [-0.4, -0.2) is 23.6 Å². The first-order valence-electron chi connectivity index (χ1n) is 8.29. The summed E-state index contributed by atoms with van der Waals surface area (Å²) in [5.41, 5.74) is 0.992. The minimum Gasteiger partial charge on any atom is -0.482 e. The van der Waals surface area contributed by atoms with Crippen LogP contribution in [0.1, 0.15) is 44.2 Å². The third-order valence-electron chi connectivity index (χ3n) is 4.66. The molecule has 1 atom stereocenters. The van der Waals surface area contributed by atoms with Crippen molar-refractivity contribution < 1.29 is 19.4 Å². The van der Waals surface area contributed by atoms with Crippen LogP contribution in [-0.2, 0) is 9.59 Å². The second kappa shape index (κ2) is 6.60. The third kappa shape index (κ3) is 4.24. The van der Waals surface area contributed by atoms with E-state index >= 15 is 0 Å². The predicted octanol–water partition coefficient (Wildman–Crippen LogP) is 2.76. The number of hydrogen-bond acceptors (Lipinski definition) is 3. The number of ether oxygens (including phenoxy) is 1. The van der Waals surface area contributed by atoms with Crippen molar-refractivity contribution in [2.24, 2.45) is 17.8 Å². The molecule has 1 aromatic rings. The molecule has 0 radical (unpaired) electrons. The Bertz CT molecular complexity index is 563. The van der Waals surface area contributed by atoms with E-state index in [0.717, 1.165) is 5.56 Å². The van der Waals surface area contributed by atoms with Gasteiger partial charge in [0.1, 0.15) is 5.75 Å². The summed E-state index contributed by atoms with van der Waals surface area (Å²) in [7, 11) is 0. The zero-order valence-electron chi connectivity index (χ0n) is 13.3. The van der Waals surface area contributed by atoms with Gasteiger partial charge in [-0.2, -0.15) is 0 Å². The fraction of sp³-hybridized carbons (Fsp3) is 0.556.